The van der Waals surface area contributed by atoms with E-state index in [9.17, 15) is 27.6 Å². The number of amides is 3. The fraction of sp³-hybridized carbons (Fsp3) is 0.0952. The van der Waals surface area contributed by atoms with Gasteiger partial charge in [-0.25, -0.2) is 0 Å². The summed E-state index contributed by atoms with van der Waals surface area (Å²) in [6.45, 7) is -1.48. The number of benzene rings is 2. The van der Waals surface area contributed by atoms with E-state index in [0.29, 0.717) is 10.6 Å². The summed E-state index contributed by atoms with van der Waals surface area (Å²) in [4.78, 5) is 37.2. The van der Waals surface area contributed by atoms with Gasteiger partial charge in [0.2, 0.25) is 0 Å². The summed E-state index contributed by atoms with van der Waals surface area (Å²) in [5.74, 6) is -1.79. The molecule has 0 fully saturated rings. The van der Waals surface area contributed by atoms with Crippen LogP contribution in [0.1, 0.15) is 30.4 Å². The zero-order valence-electron chi connectivity index (χ0n) is 15.8. The molecule has 0 spiro atoms. The van der Waals surface area contributed by atoms with Gasteiger partial charge in [0.05, 0.1) is 16.1 Å². The van der Waals surface area contributed by atoms with Crippen LogP contribution >= 0.6 is 11.3 Å². The van der Waals surface area contributed by atoms with Gasteiger partial charge in [0.1, 0.15) is 6.54 Å². The Hall–Kier alpha value is -3.66. The summed E-state index contributed by atoms with van der Waals surface area (Å²) in [5.41, 5.74) is 0.698. The molecular weight excluding hydrogens is 431 g/mol. The van der Waals surface area contributed by atoms with Gasteiger partial charge >= 0.3 is 6.18 Å². The first-order valence-corrected chi connectivity index (χ1v) is 9.81. The first-order valence-electron chi connectivity index (χ1n) is 8.93. The second-order valence-electron chi connectivity index (χ2n) is 6.31. The molecule has 0 atom stereocenters. The maximum absolute atomic E-state index is 12.5. The van der Waals surface area contributed by atoms with Gasteiger partial charge in [0, 0.05) is 11.3 Å². The van der Waals surface area contributed by atoms with Crippen LogP contribution in [0.15, 0.2) is 66.0 Å². The van der Waals surface area contributed by atoms with Gasteiger partial charge in [0.15, 0.2) is 0 Å². The summed E-state index contributed by atoms with van der Waals surface area (Å²) in [6.07, 6.45) is -4.55. The van der Waals surface area contributed by atoms with Crippen LogP contribution < -0.4 is 16.0 Å². The predicted molar refractivity (Wildman–Crippen MR) is 111 cm³/mol. The number of hydrogen-bond donors (Lipinski definition) is 3. The second-order valence-corrected chi connectivity index (χ2v) is 7.25. The van der Waals surface area contributed by atoms with Crippen LogP contribution in [0, 0.1) is 0 Å². The lowest BCUT2D eigenvalue weighted by Gasteiger charge is -2.13. The maximum atomic E-state index is 12.5. The van der Waals surface area contributed by atoms with Crippen molar-refractivity contribution in [1.29, 1.82) is 0 Å². The van der Waals surface area contributed by atoms with E-state index in [1.807, 2.05) is 0 Å². The average Bonchev–Trinajstić information content (AvgIpc) is 3.27. The van der Waals surface area contributed by atoms with E-state index in [4.69, 9.17) is 0 Å². The zero-order chi connectivity index (χ0) is 22.4. The Bertz CT molecular complexity index is 1080. The van der Waals surface area contributed by atoms with Crippen molar-refractivity contribution in [3.8, 4) is 0 Å². The Morgan fingerprint density at radius 2 is 1.52 bits per heavy atom. The zero-order valence-corrected chi connectivity index (χ0v) is 16.6. The molecule has 0 aliphatic heterocycles. The highest BCUT2D eigenvalue weighted by molar-refractivity contribution is 7.12. The quantitative estimate of drug-likeness (QED) is 0.518. The van der Waals surface area contributed by atoms with Crippen molar-refractivity contribution < 1.29 is 27.6 Å². The number of carbonyl (C=O) groups excluding carboxylic acids is 3. The highest BCUT2D eigenvalue weighted by atomic mass is 32.1. The number of alkyl halides is 3. The summed E-state index contributed by atoms with van der Waals surface area (Å²) in [5, 5.41) is 8.78. The summed E-state index contributed by atoms with van der Waals surface area (Å²) >= 11 is 1.30. The molecule has 3 amide bonds. The van der Waals surface area contributed by atoms with Gasteiger partial charge in [-0.15, -0.1) is 11.3 Å². The lowest BCUT2D eigenvalue weighted by molar-refractivity contribution is -0.123. The highest BCUT2D eigenvalue weighted by Gasteiger charge is 2.28. The van der Waals surface area contributed by atoms with Gasteiger partial charge in [-0.3, -0.25) is 14.4 Å². The minimum Gasteiger partial charge on any atom is -0.343 e. The number of para-hydroxylation sites is 1. The molecule has 3 rings (SSSR count). The number of hydrogen-bond acceptors (Lipinski definition) is 4. The van der Waals surface area contributed by atoms with Crippen molar-refractivity contribution in [2.75, 3.05) is 17.2 Å². The molecule has 3 aromatic rings. The van der Waals surface area contributed by atoms with Crippen LogP contribution in [0.4, 0.5) is 24.5 Å². The highest BCUT2D eigenvalue weighted by Crippen LogP contribution is 2.19. The van der Waals surface area contributed by atoms with E-state index in [2.05, 4.69) is 10.6 Å². The van der Waals surface area contributed by atoms with Crippen molar-refractivity contribution in [2.45, 2.75) is 6.18 Å². The van der Waals surface area contributed by atoms with E-state index in [-0.39, 0.29) is 22.7 Å². The van der Waals surface area contributed by atoms with Crippen molar-refractivity contribution in [3.63, 3.8) is 0 Å². The van der Waals surface area contributed by atoms with Crippen LogP contribution in [-0.2, 0) is 0 Å². The number of carbonyl (C=O) groups is 3. The average molecular weight is 447 g/mol. The number of halogens is 3. The van der Waals surface area contributed by atoms with Gasteiger partial charge in [-0.1, -0.05) is 18.2 Å². The van der Waals surface area contributed by atoms with Crippen LogP contribution in [0.3, 0.4) is 0 Å². The number of rotatable bonds is 6. The molecule has 160 valence electrons. The molecule has 0 unspecified atom stereocenters. The third-order valence-electron chi connectivity index (χ3n) is 4.02. The Morgan fingerprint density at radius 1 is 0.806 bits per heavy atom. The van der Waals surface area contributed by atoms with Crippen molar-refractivity contribution in [3.05, 3.63) is 82.0 Å². The number of thiophene rings is 1. The molecule has 0 radical (unpaired) electrons. The molecule has 0 bridgehead atoms. The molecule has 1 aromatic heterocycles. The van der Waals surface area contributed by atoms with Gasteiger partial charge in [-0.05, 0) is 47.8 Å². The lowest BCUT2D eigenvalue weighted by atomic mass is 10.1. The minimum absolute atomic E-state index is 0.0715. The molecular formula is C21H16F3N3O3S. The third-order valence-corrected chi connectivity index (χ3v) is 4.89. The molecule has 10 heteroatoms. The molecule has 0 saturated heterocycles. The number of anilines is 2. The Labute approximate surface area is 179 Å². The molecule has 1 heterocycles. The van der Waals surface area contributed by atoms with E-state index in [1.54, 1.807) is 41.0 Å². The summed E-state index contributed by atoms with van der Waals surface area (Å²) < 4.78 is 37.0. The van der Waals surface area contributed by atoms with Crippen molar-refractivity contribution in [2.24, 2.45) is 0 Å². The maximum Gasteiger partial charge on any atom is 0.405 e. The lowest BCUT2D eigenvalue weighted by Crippen LogP contribution is -2.34. The van der Waals surface area contributed by atoms with Crippen LogP contribution in [0.25, 0.3) is 0 Å². The van der Waals surface area contributed by atoms with Gasteiger partial charge < -0.3 is 16.0 Å². The first-order chi connectivity index (χ1) is 14.7. The van der Waals surface area contributed by atoms with Gasteiger partial charge in [0.25, 0.3) is 17.7 Å². The molecule has 0 aliphatic rings. The number of nitrogens with one attached hydrogen (secondary N) is 3. The fourth-order valence-electron chi connectivity index (χ4n) is 2.57. The standard InChI is InChI=1S/C21H16F3N3O3S/c22-21(23,24)12-25-19(29)15-4-1-2-5-16(15)27-18(28)13-7-9-14(10-8-13)26-20(30)17-6-3-11-31-17/h1-11H,12H2,(H,25,29)(H,26,30)(H,27,28). The van der Waals surface area contributed by atoms with Crippen LogP contribution in [0.2, 0.25) is 0 Å². The molecule has 6 nitrogen and oxygen atoms in total. The Morgan fingerprint density at radius 3 is 2.16 bits per heavy atom. The predicted octanol–water partition coefficient (Wildman–Crippen LogP) is 4.54. The molecule has 3 N–H and O–H groups in total. The summed E-state index contributed by atoms with van der Waals surface area (Å²) in [7, 11) is 0. The van der Waals surface area contributed by atoms with Crippen LogP contribution in [-0.4, -0.2) is 30.4 Å². The van der Waals surface area contributed by atoms with E-state index in [1.165, 1.54) is 41.7 Å². The smallest absolute Gasteiger partial charge is 0.343 e. The molecule has 0 aliphatic carbocycles. The normalized spacial score (nSPS) is 10.9. The van der Waals surface area contributed by atoms with Crippen LogP contribution in [0.5, 0.6) is 0 Å². The molecule has 0 saturated carbocycles. The summed E-state index contributed by atoms with van der Waals surface area (Å²) in [6, 6.07) is 15.2. The molecule has 31 heavy (non-hydrogen) atoms. The first kappa shape index (κ1) is 22.0. The van der Waals surface area contributed by atoms with Gasteiger partial charge in [-0.2, -0.15) is 13.2 Å². The van der Waals surface area contributed by atoms with Crippen molar-refractivity contribution >= 4 is 40.4 Å². The Balaban J connectivity index is 1.66. The molecule has 2 aromatic carbocycles. The topological polar surface area (TPSA) is 87.3 Å². The Kier molecular flexibility index (Phi) is 6.71. The third kappa shape index (κ3) is 6.16. The monoisotopic (exact) mass is 447 g/mol. The minimum atomic E-state index is -4.55. The van der Waals surface area contributed by atoms with E-state index < -0.39 is 24.5 Å². The fourth-order valence-corrected chi connectivity index (χ4v) is 3.18. The van der Waals surface area contributed by atoms with Crippen molar-refractivity contribution in [1.82, 2.24) is 5.32 Å². The van der Waals surface area contributed by atoms with E-state index in [0.717, 1.165) is 0 Å². The SMILES string of the molecule is O=C(Nc1ccccc1C(=O)NCC(F)(F)F)c1ccc(NC(=O)c2cccs2)cc1. The largest absolute Gasteiger partial charge is 0.405 e. The van der Waals surface area contributed by atoms with E-state index >= 15 is 0 Å². The second kappa shape index (κ2) is 9.43.